The monoisotopic (exact) mass is 434 g/mol. The van der Waals surface area contributed by atoms with Crippen molar-refractivity contribution in [2.24, 2.45) is 11.7 Å². The Balaban J connectivity index is 2.11. The van der Waals surface area contributed by atoms with E-state index in [-0.39, 0.29) is 10.5 Å². The molecule has 2 atom stereocenters. The molecule has 3 N–H and O–H groups in total. The summed E-state index contributed by atoms with van der Waals surface area (Å²) in [6.07, 6.45) is -1.70. The Kier molecular flexibility index (Phi) is 7.29. The van der Waals surface area contributed by atoms with Crippen LogP contribution in [0.15, 0.2) is 53.4 Å². The largest absolute Gasteiger partial charge is 0.368 e. The third-order valence-corrected chi connectivity index (χ3v) is 5.43. The number of halogens is 2. The number of carbonyl (C=O) groups is 2. The smallest absolute Gasteiger partial charge is 0.251 e. The summed E-state index contributed by atoms with van der Waals surface area (Å²) >= 11 is 0. The maximum absolute atomic E-state index is 12.8. The molecule has 0 saturated heterocycles. The van der Waals surface area contributed by atoms with Crippen molar-refractivity contribution < 1.29 is 26.8 Å². The number of hydrogen-bond donors (Lipinski definition) is 2. The fraction of sp³-hybridized carbons (Fsp3) is 0.238. The molecule has 0 aromatic heterocycles. The Hall–Kier alpha value is -3.25. The second-order valence-electron chi connectivity index (χ2n) is 6.67. The molecule has 6 nitrogen and oxygen atoms in total. The molecule has 0 aliphatic rings. The molecule has 30 heavy (non-hydrogen) atoms. The molecule has 2 aromatic carbocycles. The average Bonchev–Trinajstić information content (AvgIpc) is 2.69. The van der Waals surface area contributed by atoms with Crippen molar-refractivity contribution in [1.82, 2.24) is 5.32 Å². The number of sulfone groups is 1. The van der Waals surface area contributed by atoms with Gasteiger partial charge in [0.15, 0.2) is 9.84 Å². The first-order valence-corrected chi connectivity index (χ1v) is 10.7. The van der Waals surface area contributed by atoms with Crippen LogP contribution in [0.3, 0.4) is 0 Å². The molecular weight excluding hydrogens is 414 g/mol. The van der Waals surface area contributed by atoms with Crippen LogP contribution in [0.4, 0.5) is 8.78 Å². The summed E-state index contributed by atoms with van der Waals surface area (Å²) in [5.41, 5.74) is 6.45. The van der Waals surface area contributed by atoms with Gasteiger partial charge in [0.05, 0.1) is 4.90 Å². The Bertz CT molecular complexity index is 1090. The number of hydrogen-bond acceptors (Lipinski definition) is 4. The van der Waals surface area contributed by atoms with Gasteiger partial charge in [-0.15, -0.1) is 0 Å². The number of benzene rings is 2. The topological polar surface area (TPSA) is 106 Å². The van der Waals surface area contributed by atoms with E-state index in [1.165, 1.54) is 24.3 Å². The van der Waals surface area contributed by atoms with E-state index in [2.05, 4.69) is 17.2 Å². The predicted molar refractivity (Wildman–Crippen MR) is 108 cm³/mol. The molecule has 0 fully saturated rings. The van der Waals surface area contributed by atoms with E-state index in [1.807, 2.05) is 0 Å². The van der Waals surface area contributed by atoms with E-state index >= 15 is 0 Å². The third-order valence-electron chi connectivity index (χ3n) is 4.30. The Morgan fingerprint density at radius 3 is 1.83 bits per heavy atom. The molecule has 0 aliphatic carbocycles. The van der Waals surface area contributed by atoms with E-state index in [1.54, 1.807) is 24.3 Å². The third kappa shape index (κ3) is 6.12. The number of amides is 2. The molecule has 0 radical (unpaired) electrons. The lowest BCUT2D eigenvalue weighted by Crippen LogP contribution is -2.50. The highest BCUT2D eigenvalue weighted by atomic mass is 32.2. The van der Waals surface area contributed by atoms with Crippen LogP contribution in [0.2, 0.25) is 0 Å². The fourth-order valence-corrected chi connectivity index (χ4v) is 3.10. The zero-order valence-corrected chi connectivity index (χ0v) is 17.0. The van der Waals surface area contributed by atoms with Crippen LogP contribution in [-0.2, 0) is 14.6 Å². The molecule has 0 heterocycles. The Labute approximate surface area is 173 Å². The summed E-state index contributed by atoms with van der Waals surface area (Å²) in [6.45, 7) is 1.13. The summed E-state index contributed by atoms with van der Waals surface area (Å²) in [4.78, 5) is 23.8. The van der Waals surface area contributed by atoms with E-state index in [9.17, 15) is 26.8 Å². The molecule has 0 spiro atoms. The van der Waals surface area contributed by atoms with Crippen molar-refractivity contribution in [2.45, 2.75) is 24.3 Å². The number of nitrogens with two attached hydrogens (primary N) is 1. The van der Waals surface area contributed by atoms with Crippen LogP contribution in [0, 0.1) is 17.8 Å². The van der Waals surface area contributed by atoms with Gasteiger partial charge in [-0.3, -0.25) is 9.59 Å². The molecule has 2 aromatic rings. The van der Waals surface area contributed by atoms with Gasteiger partial charge < -0.3 is 11.1 Å². The molecule has 2 amide bonds. The summed E-state index contributed by atoms with van der Waals surface area (Å²) in [5.74, 6) is 2.57. The van der Waals surface area contributed by atoms with Gasteiger partial charge in [-0.05, 0) is 48.5 Å². The molecule has 9 heteroatoms. The van der Waals surface area contributed by atoms with Gasteiger partial charge in [-0.1, -0.05) is 18.8 Å². The van der Waals surface area contributed by atoms with E-state index in [0.717, 1.165) is 13.2 Å². The lowest BCUT2D eigenvalue weighted by Gasteiger charge is -2.21. The van der Waals surface area contributed by atoms with Gasteiger partial charge in [-0.25, -0.2) is 17.2 Å². The second-order valence-corrected chi connectivity index (χ2v) is 8.69. The molecule has 2 rings (SSSR count). The molecule has 2 unspecified atom stereocenters. The zero-order chi connectivity index (χ0) is 22.5. The van der Waals surface area contributed by atoms with Gasteiger partial charge in [0, 0.05) is 28.9 Å². The summed E-state index contributed by atoms with van der Waals surface area (Å²) < 4.78 is 48.6. The van der Waals surface area contributed by atoms with Crippen LogP contribution in [0.5, 0.6) is 0 Å². The van der Waals surface area contributed by atoms with Gasteiger partial charge in [0.2, 0.25) is 12.3 Å². The van der Waals surface area contributed by atoms with E-state index < -0.39 is 40.0 Å². The number of rotatable bonds is 6. The lowest BCUT2D eigenvalue weighted by molar-refractivity contribution is -0.122. The van der Waals surface area contributed by atoms with Gasteiger partial charge in [0.25, 0.3) is 5.91 Å². The highest BCUT2D eigenvalue weighted by molar-refractivity contribution is 7.90. The van der Waals surface area contributed by atoms with E-state index in [0.29, 0.717) is 11.1 Å². The first-order valence-electron chi connectivity index (χ1n) is 8.79. The summed E-state index contributed by atoms with van der Waals surface area (Å²) in [5, 5.41) is 2.23. The Morgan fingerprint density at radius 1 is 0.967 bits per heavy atom. The number of carbonyl (C=O) groups excluding carboxylic acids is 2. The quantitative estimate of drug-likeness (QED) is 0.678. The number of alkyl halides is 2. The SMILES string of the molecule is CC(C(F)F)C(NC(=O)c1ccc(C#Cc2ccc(S(C)(=O)=O)cc2)cc1)C(N)=O. The van der Waals surface area contributed by atoms with Crippen molar-refractivity contribution in [2.75, 3.05) is 6.26 Å². The fourth-order valence-electron chi connectivity index (χ4n) is 2.47. The minimum absolute atomic E-state index is 0.158. The molecule has 158 valence electrons. The predicted octanol–water partition coefficient (Wildman–Crippen LogP) is 1.97. The molecular formula is C21H20F2N2O4S. The van der Waals surface area contributed by atoms with Crippen LogP contribution >= 0.6 is 0 Å². The lowest BCUT2D eigenvalue weighted by atomic mass is 10.0. The van der Waals surface area contributed by atoms with E-state index in [4.69, 9.17) is 5.73 Å². The number of nitrogens with one attached hydrogen (secondary N) is 1. The van der Waals surface area contributed by atoms with Crippen LogP contribution in [0.1, 0.15) is 28.4 Å². The number of primary amides is 1. The van der Waals surface area contributed by atoms with Crippen molar-refractivity contribution >= 4 is 21.7 Å². The van der Waals surface area contributed by atoms with Crippen LogP contribution in [-0.4, -0.2) is 39.0 Å². The second kappa shape index (κ2) is 9.50. The normalized spacial score (nSPS) is 13.1. The van der Waals surface area contributed by atoms with Crippen molar-refractivity contribution in [3.05, 3.63) is 65.2 Å². The van der Waals surface area contributed by atoms with Crippen LogP contribution < -0.4 is 11.1 Å². The van der Waals surface area contributed by atoms with Gasteiger partial charge in [0.1, 0.15) is 6.04 Å². The maximum Gasteiger partial charge on any atom is 0.251 e. The Morgan fingerprint density at radius 2 is 1.43 bits per heavy atom. The van der Waals surface area contributed by atoms with Gasteiger partial charge in [-0.2, -0.15) is 0 Å². The van der Waals surface area contributed by atoms with Gasteiger partial charge >= 0.3 is 0 Å². The molecule has 0 bridgehead atoms. The van der Waals surface area contributed by atoms with Crippen molar-refractivity contribution in [3.63, 3.8) is 0 Å². The minimum Gasteiger partial charge on any atom is -0.368 e. The van der Waals surface area contributed by atoms with Crippen LogP contribution in [0.25, 0.3) is 0 Å². The average molecular weight is 434 g/mol. The summed E-state index contributed by atoms with van der Waals surface area (Å²) in [6, 6.07) is 10.6. The highest BCUT2D eigenvalue weighted by Gasteiger charge is 2.31. The molecule has 0 aliphatic heterocycles. The zero-order valence-electron chi connectivity index (χ0n) is 16.2. The molecule has 0 saturated carbocycles. The first-order chi connectivity index (χ1) is 14.0. The first kappa shape index (κ1) is 23.0. The summed E-state index contributed by atoms with van der Waals surface area (Å²) in [7, 11) is -3.28. The standard InChI is InChI=1S/C21H20F2N2O4S/c1-13(19(22)23)18(20(24)26)25-21(27)16-9-5-14(6-10-16)3-4-15-7-11-17(12-8-15)30(2,28)29/h5-13,18-19H,1-2H3,(H2,24,26)(H,25,27). The maximum atomic E-state index is 12.8. The van der Waals surface area contributed by atoms with Crippen molar-refractivity contribution in [3.8, 4) is 11.8 Å². The highest BCUT2D eigenvalue weighted by Crippen LogP contribution is 2.15. The minimum atomic E-state index is -3.28. The van der Waals surface area contributed by atoms with Crippen molar-refractivity contribution in [1.29, 1.82) is 0 Å².